The van der Waals surface area contributed by atoms with Crippen LogP contribution in [0, 0.1) is 6.92 Å². The van der Waals surface area contributed by atoms with Crippen molar-refractivity contribution in [2.24, 2.45) is 0 Å². The second-order valence-electron chi connectivity index (χ2n) is 8.11. The third-order valence-corrected chi connectivity index (χ3v) is 5.61. The van der Waals surface area contributed by atoms with E-state index in [9.17, 15) is 4.79 Å². The molecule has 1 amide bonds. The van der Waals surface area contributed by atoms with Crippen molar-refractivity contribution in [1.82, 2.24) is 5.32 Å². The minimum Gasteiger partial charge on any atom is -0.483 e. The zero-order chi connectivity index (χ0) is 23.0. The summed E-state index contributed by atoms with van der Waals surface area (Å²) in [7, 11) is 0. The molecule has 1 aliphatic rings. The van der Waals surface area contributed by atoms with E-state index in [0.29, 0.717) is 13.0 Å². The van der Waals surface area contributed by atoms with Gasteiger partial charge in [-0.15, -0.1) is 6.58 Å². The van der Waals surface area contributed by atoms with Crippen molar-refractivity contribution in [3.63, 3.8) is 0 Å². The van der Waals surface area contributed by atoms with Crippen molar-refractivity contribution in [1.29, 1.82) is 0 Å². The first-order chi connectivity index (χ1) is 16.1. The molecule has 0 aliphatic carbocycles. The number of amides is 1. The van der Waals surface area contributed by atoms with E-state index in [1.54, 1.807) is 0 Å². The van der Waals surface area contributed by atoms with Crippen LogP contribution >= 0.6 is 0 Å². The molecular formula is C28H29NO4. The maximum Gasteiger partial charge on any atom is 0.407 e. The molecule has 0 bridgehead atoms. The molecular weight excluding hydrogens is 414 g/mol. The maximum absolute atomic E-state index is 12.4. The number of hydrogen-bond donors (Lipinski definition) is 1. The summed E-state index contributed by atoms with van der Waals surface area (Å²) in [4.78, 5) is 12.4. The Balaban J connectivity index is 1.36. The van der Waals surface area contributed by atoms with Gasteiger partial charge < -0.3 is 19.5 Å². The second-order valence-corrected chi connectivity index (χ2v) is 8.11. The van der Waals surface area contributed by atoms with Crippen LogP contribution in [0.3, 0.4) is 0 Å². The van der Waals surface area contributed by atoms with Crippen LogP contribution in [-0.2, 0) is 16.0 Å². The summed E-state index contributed by atoms with van der Waals surface area (Å²) in [6, 6.07) is 22.0. The summed E-state index contributed by atoms with van der Waals surface area (Å²) in [5.74, 6) is 0.742. The predicted octanol–water partition coefficient (Wildman–Crippen LogP) is 5.72. The average molecular weight is 444 g/mol. The molecule has 3 aromatic rings. The molecule has 5 nitrogen and oxygen atoms in total. The lowest BCUT2D eigenvalue weighted by Crippen LogP contribution is -2.43. The summed E-state index contributed by atoms with van der Waals surface area (Å²) in [6.07, 6.45) is 5.03. The molecule has 3 atom stereocenters. The molecule has 3 aromatic carbocycles. The van der Waals surface area contributed by atoms with Gasteiger partial charge in [-0.05, 0) is 47.9 Å². The van der Waals surface area contributed by atoms with Crippen molar-refractivity contribution in [3.8, 4) is 5.75 Å². The lowest BCUT2D eigenvalue weighted by molar-refractivity contribution is -0.0727. The van der Waals surface area contributed by atoms with Gasteiger partial charge in [0, 0.05) is 6.54 Å². The third kappa shape index (κ3) is 6.02. The van der Waals surface area contributed by atoms with E-state index in [2.05, 4.69) is 24.0 Å². The number of aryl methyl sites for hydroxylation is 1. The maximum atomic E-state index is 12.4. The van der Waals surface area contributed by atoms with E-state index in [4.69, 9.17) is 14.2 Å². The first-order valence-electron chi connectivity index (χ1n) is 11.2. The molecule has 1 N–H and O–H groups in total. The number of benzene rings is 3. The summed E-state index contributed by atoms with van der Waals surface area (Å²) < 4.78 is 17.7. The number of carbonyl (C=O) groups is 1. The van der Waals surface area contributed by atoms with Crippen molar-refractivity contribution < 1.29 is 19.0 Å². The van der Waals surface area contributed by atoms with Crippen LogP contribution in [0.4, 0.5) is 4.79 Å². The molecule has 0 fully saturated rings. The number of alkyl carbamates (subject to hydrolysis) is 1. The highest BCUT2D eigenvalue weighted by molar-refractivity contribution is 5.85. The zero-order valence-electron chi connectivity index (χ0n) is 18.8. The Labute approximate surface area is 194 Å². The van der Waals surface area contributed by atoms with Crippen molar-refractivity contribution in [2.45, 2.75) is 38.2 Å². The molecule has 0 saturated carbocycles. The van der Waals surface area contributed by atoms with Gasteiger partial charge in [0.25, 0.3) is 0 Å². The first kappa shape index (κ1) is 22.6. The molecule has 1 heterocycles. The van der Waals surface area contributed by atoms with E-state index in [1.807, 2.05) is 79.7 Å². The molecule has 0 unspecified atom stereocenters. The average Bonchev–Trinajstić information content (AvgIpc) is 2.84. The van der Waals surface area contributed by atoms with Crippen LogP contribution in [0.25, 0.3) is 10.8 Å². The van der Waals surface area contributed by atoms with Gasteiger partial charge in [-0.1, -0.05) is 72.3 Å². The highest BCUT2D eigenvalue weighted by Crippen LogP contribution is 2.23. The van der Waals surface area contributed by atoms with Crippen LogP contribution in [0.1, 0.15) is 17.5 Å². The highest BCUT2D eigenvalue weighted by atomic mass is 16.6. The monoisotopic (exact) mass is 443 g/mol. The molecule has 5 heteroatoms. The molecule has 0 spiro atoms. The predicted molar refractivity (Wildman–Crippen MR) is 130 cm³/mol. The van der Waals surface area contributed by atoms with Gasteiger partial charge in [0.1, 0.15) is 24.6 Å². The molecule has 0 aromatic heterocycles. The van der Waals surface area contributed by atoms with E-state index in [1.165, 1.54) is 0 Å². The Morgan fingerprint density at radius 1 is 1.06 bits per heavy atom. The second kappa shape index (κ2) is 10.8. The number of rotatable bonds is 8. The van der Waals surface area contributed by atoms with Crippen LogP contribution in [0.5, 0.6) is 5.75 Å². The van der Waals surface area contributed by atoms with Gasteiger partial charge in [-0.3, -0.25) is 0 Å². The Morgan fingerprint density at radius 3 is 2.67 bits per heavy atom. The Morgan fingerprint density at radius 2 is 1.85 bits per heavy atom. The van der Waals surface area contributed by atoms with Gasteiger partial charge in [-0.2, -0.15) is 0 Å². The molecule has 33 heavy (non-hydrogen) atoms. The van der Waals surface area contributed by atoms with E-state index in [-0.39, 0.29) is 18.8 Å². The topological polar surface area (TPSA) is 56.8 Å². The summed E-state index contributed by atoms with van der Waals surface area (Å²) in [6.45, 7) is 6.27. The Kier molecular flexibility index (Phi) is 7.43. The van der Waals surface area contributed by atoms with Crippen LogP contribution in [0.15, 0.2) is 91.5 Å². The van der Waals surface area contributed by atoms with Gasteiger partial charge in [0.2, 0.25) is 0 Å². The first-order valence-corrected chi connectivity index (χ1v) is 11.2. The van der Waals surface area contributed by atoms with Crippen LogP contribution in [0.2, 0.25) is 0 Å². The van der Waals surface area contributed by atoms with E-state index < -0.39 is 12.2 Å². The summed E-state index contributed by atoms with van der Waals surface area (Å²) in [5, 5.41) is 5.09. The summed E-state index contributed by atoms with van der Waals surface area (Å²) in [5.41, 5.74) is 2.19. The van der Waals surface area contributed by atoms with Crippen molar-refractivity contribution in [3.05, 3.63) is 103 Å². The molecule has 1 aliphatic heterocycles. The number of carbonyl (C=O) groups excluding carboxylic acids is 1. The Hall–Kier alpha value is -3.57. The minimum absolute atomic E-state index is 0.0792. The number of fused-ring (bicyclic) bond motifs is 1. The van der Waals surface area contributed by atoms with Crippen LogP contribution in [-0.4, -0.2) is 31.0 Å². The van der Waals surface area contributed by atoms with Gasteiger partial charge in [-0.25, -0.2) is 4.79 Å². The quantitative estimate of drug-likeness (QED) is 0.452. The van der Waals surface area contributed by atoms with Crippen molar-refractivity contribution in [2.75, 3.05) is 6.61 Å². The van der Waals surface area contributed by atoms with Gasteiger partial charge in [0.05, 0.1) is 6.10 Å². The number of ether oxygens (including phenoxy) is 3. The fraction of sp³-hybridized carbons (Fsp3) is 0.250. The lowest BCUT2D eigenvalue weighted by atomic mass is 10.0. The molecule has 0 saturated heterocycles. The lowest BCUT2D eigenvalue weighted by Gasteiger charge is -2.32. The zero-order valence-corrected chi connectivity index (χ0v) is 18.8. The van der Waals surface area contributed by atoms with Crippen molar-refractivity contribution >= 4 is 16.9 Å². The fourth-order valence-corrected chi connectivity index (χ4v) is 3.85. The molecule has 0 radical (unpaired) electrons. The van der Waals surface area contributed by atoms with Crippen LogP contribution < -0.4 is 10.1 Å². The number of nitrogens with one attached hydrogen (secondary N) is 1. The fourth-order valence-electron chi connectivity index (χ4n) is 3.85. The standard InChI is InChI=1S/C28H29NO4/c1-3-7-23-16-17-26(32-24-14-12-20(2)13-15-24)27(33-23)19-31-28(30)29-18-22-10-6-9-21-8-4-5-11-25(21)22/h3-6,8-17,23,26-27H,1,7,18-19H2,2H3,(H,29,30)/t23-,26+,27+/m1/s1. The SMILES string of the molecule is C=CC[C@@H]1C=C[C@H](Oc2ccc(C)cc2)[C@H](COC(=O)NCc2cccc3ccccc23)O1. The molecule has 4 rings (SSSR count). The third-order valence-electron chi connectivity index (χ3n) is 5.61. The minimum atomic E-state index is -0.490. The molecule has 170 valence electrons. The number of hydrogen-bond acceptors (Lipinski definition) is 4. The smallest absolute Gasteiger partial charge is 0.407 e. The highest BCUT2D eigenvalue weighted by Gasteiger charge is 2.30. The van der Waals surface area contributed by atoms with E-state index in [0.717, 1.165) is 27.6 Å². The summed E-state index contributed by atoms with van der Waals surface area (Å²) >= 11 is 0. The Bertz CT molecular complexity index is 1120. The van der Waals surface area contributed by atoms with Gasteiger partial charge in [0.15, 0.2) is 0 Å². The normalized spacial score (nSPS) is 19.7. The largest absolute Gasteiger partial charge is 0.483 e. The van der Waals surface area contributed by atoms with E-state index >= 15 is 0 Å². The van der Waals surface area contributed by atoms with Gasteiger partial charge >= 0.3 is 6.09 Å².